The Kier molecular flexibility index (Phi) is 5.32. The molecule has 1 aromatic rings. The maximum absolute atomic E-state index is 11.9. The molecule has 2 N–H and O–H groups in total. The molecule has 1 fully saturated rings. The summed E-state index contributed by atoms with van der Waals surface area (Å²) in [6.45, 7) is 3.01. The van der Waals surface area contributed by atoms with Crippen LogP contribution in [0.4, 0.5) is 0 Å². The summed E-state index contributed by atoms with van der Waals surface area (Å²) in [4.78, 5) is 11.9. The smallest absolute Gasteiger partial charge is 0.250 e. The zero-order valence-corrected chi connectivity index (χ0v) is 11.1. The highest BCUT2D eigenvalue weighted by Crippen LogP contribution is 2.09. The second kappa shape index (κ2) is 7.23. The molecule has 0 spiro atoms. The zero-order chi connectivity index (χ0) is 13.5. The first-order chi connectivity index (χ1) is 9.31. The molecular weight excluding hydrogens is 244 g/mol. The number of hydrogen-bond acceptors (Lipinski definition) is 4. The Bertz CT molecular complexity index is 417. The molecule has 0 saturated carbocycles. The lowest BCUT2D eigenvalue weighted by molar-refractivity contribution is -0.134. The van der Waals surface area contributed by atoms with Crippen LogP contribution in [0.15, 0.2) is 24.3 Å². The minimum absolute atomic E-state index is 0.0700. The number of nitrogens with one attached hydrogen (secondary N) is 2. The maximum Gasteiger partial charge on any atom is 0.250 e. The predicted molar refractivity (Wildman–Crippen MR) is 71.6 cm³/mol. The number of ether oxygens (including phenoxy) is 2. The van der Waals surface area contributed by atoms with Crippen LogP contribution < -0.4 is 10.6 Å². The lowest BCUT2D eigenvalue weighted by Gasteiger charge is -2.23. The normalized spacial score (nSPS) is 19.1. The summed E-state index contributed by atoms with van der Waals surface area (Å²) in [7, 11) is 1.66. The molecule has 1 aliphatic heterocycles. The van der Waals surface area contributed by atoms with Gasteiger partial charge in [0.25, 0.3) is 5.91 Å². The summed E-state index contributed by atoms with van der Waals surface area (Å²) >= 11 is 0. The van der Waals surface area contributed by atoms with E-state index in [0.717, 1.165) is 17.7 Å². The van der Waals surface area contributed by atoms with Gasteiger partial charge in [-0.25, -0.2) is 0 Å². The van der Waals surface area contributed by atoms with Gasteiger partial charge in [-0.1, -0.05) is 24.3 Å². The first kappa shape index (κ1) is 14.0. The number of amides is 1. The third-order valence-electron chi connectivity index (χ3n) is 3.09. The maximum atomic E-state index is 11.9. The third kappa shape index (κ3) is 4.02. The number of methoxy groups -OCH3 is 1. The molecule has 0 aliphatic carbocycles. The first-order valence-corrected chi connectivity index (χ1v) is 6.47. The van der Waals surface area contributed by atoms with Gasteiger partial charge in [-0.05, 0) is 11.1 Å². The van der Waals surface area contributed by atoms with Crippen molar-refractivity contribution in [3.05, 3.63) is 35.4 Å². The topological polar surface area (TPSA) is 59.6 Å². The molecule has 1 amide bonds. The molecule has 0 radical (unpaired) electrons. The number of benzene rings is 1. The van der Waals surface area contributed by atoms with Crippen molar-refractivity contribution in [2.45, 2.75) is 19.3 Å². The minimum atomic E-state index is -0.386. The Labute approximate surface area is 113 Å². The Morgan fingerprint density at radius 1 is 1.47 bits per heavy atom. The lowest BCUT2D eigenvalue weighted by Crippen LogP contribution is -2.47. The summed E-state index contributed by atoms with van der Waals surface area (Å²) in [5, 5.41) is 6.05. The van der Waals surface area contributed by atoms with E-state index in [4.69, 9.17) is 9.47 Å². The molecule has 1 atom stereocenters. The predicted octanol–water partition coefficient (Wildman–Crippen LogP) is 0.438. The quantitative estimate of drug-likeness (QED) is 0.810. The summed E-state index contributed by atoms with van der Waals surface area (Å²) in [6, 6.07) is 7.92. The summed E-state index contributed by atoms with van der Waals surface area (Å²) in [5.41, 5.74) is 2.16. The number of hydrogen-bond donors (Lipinski definition) is 2. The molecule has 1 unspecified atom stereocenters. The highest BCUT2D eigenvalue weighted by molar-refractivity contribution is 5.81. The third-order valence-corrected chi connectivity index (χ3v) is 3.09. The van der Waals surface area contributed by atoms with Crippen LogP contribution in [0, 0.1) is 0 Å². The number of rotatable bonds is 5. The fourth-order valence-corrected chi connectivity index (χ4v) is 2.06. The van der Waals surface area contributed by atoms with Gasteiger partial charge in [-0.3, -0.25) is 4.79 Å². The van der Waals surface area contributed by atoms with E-state index < -0.39 is 0 Å². The van der Waals surface area contributed by atoms with E-state index >= 15 is 0 Å². The number of carbonyl (C=O) groups is 1. The van der Waals surface area contributed by atoms with Gasteiger partial charge in [0.15, 0.2) is 0 Å². The summed E-state index contributed by atoms with van der Waals surface area (Å²) < 4.78 is 10.6. The van der Waals surface area contributed by atoms with Gasteiger partial charge in [-0.2, -0.15) is 0 Å². The molecule has 0 bridgehead atoms. The molecule has 5 nitrogen and oxygen atoms in total. The molecule has 19 heavy (non-hydrogen) atoms. The van der Waals surface area contributed by atoms with Gasteiger partial charge in [-0.15, -0.1) is 0 Å². The molecule has 104 valence electrons. The van der Waals surface area contributed by atoms with E-state index in [1.165, 1.54) is 0 Å². The Balaban J connectivity index is 1.89. The largest absolute Gasteiger partial charge is 0.380 e. The Morgan fingerprint density at radius 2 is 2.26 bits per heavy atom. The Hall–Kier alpha value is -1.43. The highest BCUT2D eigenvalue weighted by atomic mass is 16.5. The van der Waals surface area contributed by atoms with Gasteiger partial charge >= 0.3 is 0 Å². The van der Waals surface area contributed by atoms with Gasteiger partial charge < -0.3 is 20.1 Å². The van der Waals surface area contributed by atoms with Crippen molar-refractivity contribution >= 4 is 5.91 Å². The van der Waals surface area contributed by atoms with Crippen LogP contribution in [0.25, 0.3) is 0 Å². The van der Waals surface area contributed by atoms with E-state index in [0.29, 0.717) is 26.3 Å². The van der Waals surface area contributed by atoms with Crippen molar-refractivity contribution in [3.63, 3.8) is 0 Å². The van der Waals surface area contributed by atoms with E-state index in [-0.39, 0.29) is 12.0 Å². The van der Waals surface area contributed by atoms with E-state index in [1.54, 1.807) is 7.11 Å². The molecule has 1 aromatic carbocycles. The SMILES string of the molecule is COCc1ccccc1CNC(=O)C1CNCCO1. The van der Waals surface area contributed by atoms with Crippen molar-refractivity contribution in [3.8, 4) is 0 Å². The molecule has 1 heterocycles. The molecule has 1 aliphatic rings. The van der Waals surface area contributed by atoms with Crippen LogP contribution >= 0.6 is 0 Å². The van der Waals surface area contributed by atoms with Crippen LogP contribution in [0.5, 0.6) is 0 Å². The van der Waals surface area contributed by atoms with Crippen molar-refractivity contribution < 1.29 is 14.3 Å². The monoisotopic (exact) mass is 264 g/mol. The van der Waals surface area contributed by atoms with Crippen LogP contribution in [0.2, 0.25) is 0 Å². The number of carbonyl (C=O) groups excluding carboxylic acids is 1. The lowest BCUT2D eigenvalue weighted by atomic mass is 10.1. The number of morpholine rings is 1. The second-order valence-electron chi connectivity index (χ2n) is 4.48. The summed E-state index contributed by atoms with van der Waals surface area (Å²) in [5.74, 6) is -0.0700. The second-order valence-corrected chi connectivity index (χ2v) is 4.48. The van der Waals surface area contributed by atoms with Crippen LogP contribution in [0.3, 0.4) is 0 Å². The average Bonchev–Trinajstić information content (AvgIpc) is 2.47. The van der Waals surface area contributed by atoms with Crippen molar-refractivity contribution in [1.29, 1.82) is 0 Å². The standard InChI is InChI=1S/C14H20N2O3/c1-18-10-12-5-3-2-4-11(12)8-16-14(17)13-9-15-6-7-19-13/h2-5,13,15H,6-10H2,1H3,(H,16,17). The van der Waals surface area contributed by atoms with Gasteiger partial charge in [0.1, 0.15) is 6.10 Å². The van der Waals surface area contributed by atoms with Crippen molar-refractivity contribution in [2.24, 2.45) is 0 Å². The van der Waals surface area contributed by atoms with Crippen molar-refractivity contribution in [2.75, 3.05) is 26.8 Å². The molecular formula is C14H20N2O3. The molecule has 5 heteroatoms. The first-order valence-electron chi connectivity index (χ1n) is 6.47. The van der Waals surface area contributed by atoms with Crippen molar-refractivity contribution in [1.82, 2.24) is 10.6 Å². The van der Waals surface area contributed by atoms with Gasteiger partial charge in [0.05, 0.1) is 13.2 Å². The van der Waals surface area contributed by atoms with Crippen LogP contribution in [0.1, 0.15) is 11.1 Å². The Morgan fingerprint density at radius 3 is 2.95 bits per heavy atom. The molecule has 0 aromatic heterocycles. The molecule has 2 rings (SSSR count). The van der Waals surface area contributed by atoms with E-state index in [2.05, 4.69) is 10.6 Å². The van der Waals surface area contributed by atoms with E-state index in [9.17, 15) is 4.79 Å². The minimum Gasteiger partial charge on any atom is -0.380 e. The fourth-order valence-electron chi connectivity index (χ4n) is 2.06. The van der Waals surface area contributed by atoms with Crippen LogP contribution in [-0.2, 0) is 27.4 Å². The summed E-state index contributed by atoms with van der Waals surface area (Å²) in [6.07, 6.45) is -0.386. The highest BCUT2D eigenvalue weighted by Gasteiger charge is 2.21. The zero-order valence-electron chi connectivity index (χ0n) is 11.1. The van der Waals surface area contributed by atoms with Gasteiger partial charge in [0.2, 0.25) is 0 Å². The molecule has 1 saturated heterocycles. The van der Waals surface area contributed by atoms with E-state index in [1.807, 2.05) is 24.3 Å². The fraction of sp³-hybridized carbons (Fsp3) is 0.500. The average molecular weight is 264 g/mol. The van der Waals surface area contributed by atoms with Gasteiger partial charge in [0, 0.05) is 26.7 Å². The van der Waals surface area contributed by atoms with Crippen LogP contribution in [-0.4, -0.2) is 38.8 Å².